The maximum atomic E-state index is 14.1. The summed E-state index contributed by atoms with van der Waals surface area (Å²) >= 11 is 0. The highest BCUT2D eigenvalue weighted by molar-refractivity contribution is 5.92. The Kier molecular flexibility index (Phi) is 5.22. The number of amides is 1. The number of aryl methyl sites for hydroxylation is 2. The highest BCUT2D eigenvalue weighted by Crippen LogP contribution is 2.31. The molecule has 0 bridgehead atoms. The Bertz CT molecular complexity index is 1100. The fraction of sp³-hybridized carbons (Fsp3) is 0.360. The van der Waals surface area contributed by atoms with Gasteiger partial charge in [0.15, 0.2) is 0 Å². The van der Waals surface area contributed by atoms with Crippen molar-refractivity contribution >= 4 is 11.6 Å². The lowest BCUT2D eigenvalue weighted by atomic mass is 9.89. The maximum Gasteiger partial charge on any atom is 0.274 e. The Balaban J connectivity index is 1.26. The Morgan fingerprint density at radius 3 is 2.55 bits per heavy atom. The molecule has 2 aliphatic heterocycles. The van der Waals surface area contributed by atoms with Crippen molar-refractivity contribution in [3.8, 4) is 0 Å². The van der Waals surface area contributed by atoms with Gasteiger partial charge in [0.1, 0.15) is 17.3 Å². The van der Waals surface area contributed by atoms with Crippen molar-refractivity contribution in [2.75, 3.05) is 31.1 Å². The molecule has 1 saturated heterocycles. The van der Waals surface area contributed by atoms with E-state index in [1.54, 1.807) is 12.1 Å². The predicted octanol–water partition coefficient (Wildman–Crippen LogP) is 4.02. The van der Waals surface area contributed by atoms with Gasteiger partial charge >= 0.3 is 0 Å². The Hall–Kier alpha value is -3.15. The number of piperazine rings is 1. The molecule has 5 rings (SSSR count). The molecule has 3 aromatic rings. The van der Waals surface area contributed by atoms with Gasteiger partial charge in [0.2, 0.25) is 0 Å². The van der Waals surface area contributed by atoms with Crippen LogP contribution < -0.4 is 4.90 Å². The molecule has 1 atom stereocenters. The number of anilines is 1. The zero-order chi connectivity index (χ0) is 21.4. The highest BCUT2D eigenvalue weighted by Gasteiger charge is 2.28. The van der Waals surface area contributed by atoms with Gasteiger partial charge in [0, 0.05) is 51.3 Å². The van der Waals surface area contributed by atoms with Gasteiger partial charge in [-0.1, -0.05) is 36.4 Å². The molecule has 0 N–H and O–H groups in total. The van der Waals surface area contributed by atoms with Crippen LogP contribution in [0.25, 0.3) is 0 Å². The van der Waals surface area contributed by atoms with Gasteiger partial charge in [0.25, 0.3) is 5.91 Å². The SMILES string of the molecule is Cc1ccccc1[C@@H]1CCc2nc(C(=O)N3CCN(c4ccccc4F)CC3)cn2C1. The first-order chi connectivity index (χ1) is 15.1. The Morgan fingerprint density at radius 2 is 1.77 bits per heavy atom. The summed E-state index contributed by atoms with van der Waals surface area (Å²) in [6, 6.07) is 15.4. The van der Waals surface area contributed by atoms with Crippen molar-refractivity contribution in [2.24, 2.45) is 0 Å². The molecule has 5 nitrogen and oxygen atoms in total. The van der Waals surface area contributed by atoms with Crippen LogP contribution in [0.4, 0.5) is 10.1 Å². The van der Waals surface area contributed by atoms with E-state index in [0.717, 1.165) is 25.2 Å². The van der Waals surface area contributed by atoms with Crippen LogP contribution in [-0.4, -0.2) is 46.5 Å². The molecule has 1 fully saturated rings. The molecule has 1 amide bonds. The zero-order valence-electron chi connectivity index (χ0n) is 17.8. The molecular weight excluding hydrogens is 391 g/mol. The highest BCUT2D eigenvalue weighted by atomic mass is 19.1. The minimum Gasteiger partial charge on any atom is -0.366 e. The van der Waals surface area contributed by atoms with Crippen molar-refractivity contribution < 1.29 is 9.18 Å². The summed E-state index contributed by atoms with van der Waals surface area (Å²) < 4.78 is 16.2. The van der Waals surface area contributed by atoms with E-state index in [9.17, 15) is 9.18 Å². The molecule has 2 aliphatic rings. The number of carbonyl (C=O) groups excluding carboxylic acids is 1. The normalized spacial score (nSPS) is 18.7. The quantitative estimate of drug-likeness (QED) is 0.645. The van der Waals surface area contributed by atoms with Crippen molar-refractivity contribution in [2.45, 2.75) is 32.2 Å². The van der Waals surface area contributed by atoms with Gasteiger partial charge in [-0.05, 0) is 36.6 Å². The second kappa shape index (κ2) is 8.17. The molecule has 31 heavy (non-hydrogen) atoms. The first-order valence-electron chi connectivity index (χ1n) is 11.0. The summed E-state index contributed by atoms with van der Waals surface area (Å²) in [6.45, 7) is 5.41. The topological polar surface area (TPSA) is 41.4 Å². The number of benzene rings is 2. The largest absolute Gasteiger partial charge is 0.366 e. The van der Waals surface area contributed by atoms with Crippen molar-refractivity contribution in [3.05, 3.63) is 83.2 Å². The molecule has 160 valence electrons. The van der Waals surface area contributed by atoms with E-state index in [1.807, 2.05) is 22.1 Å². The van der Waals surface area contributed by atoms with Crippen LogP contribution >= 0.6 is 0 Å². The number of fused-ring (bicyclic) bond motifs is 1. The Morgan fingerprint density at radius 1 is 1.03 bits per heavy atom. The lowest BCUT2D eigenvalue weighted by molar-refractivity contribution is 0.0741. The third-order valence-corrected chi connectivity index (χ3v) is 6.60. The lowest BCUT2D eigenvalue weighted by Crippen LogP contribution is -2.49. The van der Waals surface area contributed by atoms with Crippen LogP contribution in [0.15, 0.2) is 54.7 Å². The van der Waals surface area contributed by atoms with Crippen LogP contribution in [0, 0.1) is 12.7 Å². The Labute approximate surface area is 182 Å². The number of rotatable bonds is 3. The smallest absolute Gasteiger partial charge is 0.274 e. The second-order valence-corrected chi connectivity index (χ2v) is 8.52. The second-order valence-electron chi connectivity index (χ2n) is 8.52. The molecule has 3 heterocycles. The van der Waals surface area contributed by atoms with E-state index < -0.39 is 0 Å². The monoisotopic (exact) mass is 418 g/mol. The minimum atomic E-state index is -0.216. The number of hydrogen-bond donors (Lipinski definition) is 0. The third kappa shape index (κ3) is 3.82. The van der Waals surface area contributed by atoms with Gasteiger partial charge < -0.3 is 14.4 Å². The van der Waals surface area contributed by atoms with Gasteiger partial charge in [-0.15, -0.1) is 0 Å². The molecule has 0 aliphatic carbocycles. The van der Waals surface area contributed by atoms with E-state index >= 15 is 0 Å². The van der Waals surface area contributed by atoms with Gasteiger partial charge in [-0.3, -0.25) is 4.79 Å². The third-order valence-electron chi connectivity index (χ3n) is 6.60. The molecule has 1 aromatic heterocycles. The average Bonchev–Trinajstić information content (AvgIpc) is 3.23. The van der Waals surface area contributed by atoms with Crippen molar-refractivity contribution in [1.29, 1.82) is 0 Å². The summed E-state index contributed by atoms with van der Waals surface area (Å²) in [5.74, 6) is 1.21. The molecule has 6 heteroatoms. The molecule has 0 radical (unpaired) electrons. The zero-order valence-corrected chi connectivity index (χ0v) is 17.8. The lowest BCUT2D eigenvalue weighted by Gasteiger charge is -2.35. The van der Waals surface area contributed by atoms with Crippen LogP contribution in [0.5, 0.6) is 0 Å². The minimum absolute atomic E-state index is 0.0254. The number of hydrogen-bond acceptors (Lipinski definition) is 3. The summed E-state index contributed by atoms with van der Waals surface area (Å²) in [4.78, 5) is 21.6. The number of aromatic nitrogens is 2. The van der Waals surface area contributed by atoms with Crippen molar-refractivity contribution in [3.63, 3.8) is 0 Å². The predicted molar refractivity (Wildman–Crippen MR) is 119 cm³/mol. The number of halogens is 1. The number of imidazole rings is 1. The summed E-state index contributed by atoms with van der Waals surface area (Å²) in [5.41, 5.74) is 3.84. The van der Waals surface area contributed by atoms with E-state index in [0.29, 0.717) is 43.5 Å². The van der Waals surface area contributed by atoms with Crippen LogP contribution in [0.1, 0.15) is 39.8 Å². The molecular formula is C25H27FN4O. The van der Waals surface area contributed by atoms with Gasteiger partial charge in [-0.2, -0.15) is 0 Å². The van der Waals surface area contributed by atoms with Crippen LogP contribution in [0.2, 0.25) is 0 Å². The van der Waals surface area contributed by atoms with Gasteiger partial charge in [-0.25, -0.2) is 9.37 Å². The van der Waals surface area contributed by atoms with E-state index in [1.165, 1.54) is 17.2 Å². The van der Waals surface area contributed by atoms with Gasteiger partial charge in [0.05, 0.1) is 5.69 Å². The molecule has 0 saturated carbocycles. The summed E-state index contributed by atoms with van der Waals surface area (Å²) in [7, 11) is 0. The maximum absolute atomic E-state index is 14.1. The number of nitrogens with zero attached hydrogens (tertiary/aromatic N) is 4. The van der Waals surface area contributed by atoms with Crippen molar-refractivity contribution in [1.82, 2.24) is 14.5 Å². The van der Waals surface area contributed by atoms with Crippen LogP contribution in [0.3, 0.4) is 0 Å². The molecule has 0 unspecified atom stereocenters. The molecule has 2 aromatic carbocycles. The van der Waals surface area contributed by atoms with Crippen LogP contribution in [-0.2, 0) is 13.0 Å². The van der Waals surface area contributed by atoms with E-state index in [4.69, 9.17) is 0 Å². The fourth-order valence-corrected chi connectivity index (χ4v) is 4.87. The standard InChI is InChI=1S/C25H27FN4O/c1-18-6-2-3-7-20(18)19-10-11-24-27-22(17-30(24)16-19)25(31)29-14-12-28(13-15-29)23-9-5-4-8-21(23)26/h2-9,17,19H,10-16H2,1H3/t19-/m1/s1. The fourth-order valence-electron chi connectivity index (χ4n) is 4.87. The first-order valence-corrected chi connectivity index (χ1v) is 11.0. The number of para-hydroxylation sites is 1. The van der Waals surface area contributed by atoms with E-state index in [-0.39, 0.29) is 11.7 Å². The number of carbonyl (C=O) groups is 1. The van der Waals surface area contributed by atoms with E-state index in [2.05, 4.69) is 40.7 Å². The summed E-state index contributed by atoms with van der Waals surface area (Å²) in [5, 5.41) is 0. The average molecular weight is 419 g/mol. The molecule has 0 spiro atoms. The first kappa shape index (κ1) is 19.8. The summed E-state index contributed by atoms with van der Waals surface area (Å²) in [6.07, 6.45) is 3.86.